The van der Waals surface area contributed by atoms with Gasteiger partial charge in [0.15, 0.2) is 5.78 Å². The summed E-state index contributed by atoms with van der Waals surface area (Å²) >= 11 is 0. The number of nitrogens with zero attached hydrogens (tertiary/aromatic N) is 2. The number of rotatable bonds is 3. The Labute approximate surface area is 184 Å². The molecule has 1 atom stereocenters. The SMILES string of the molecule is Cc1cc2c(cc1C)C(=O)C(CN1CCC3(CC1)C(=O)NCN3c1ccccc1)CC2. The van der Waals surface area contributed by atoms with E-state index in [-0.39, 0.29) is 11.8 Å². The Kier molecular flexibility index (Phi) is 5.09. The highest BCUT2D eigenvalue weighted by Crippen LogP contribution is 2.37. The summed E-state index contributed by atoms with van der Waals surface area (Å²) in [5.41, 5.74) is 5.24. The van der Waals surface area contributed by atoms with Gasteiger partial charge in [-0.15, -0.1) is 0 Å². The van der Waals surface area contributed by atoms with Gasteiger partial charge in [-0.3, -0.25) is 9.59 Å². The molecule has 2 saturated heterocycles. The van der Waals surface area contributed by atoms with E-state index in [0.29, 0.717) is 12.5 Å². The zero-order chi connectivity index (χ0) is 21.6. The van der Waals surface area contributed by atoms with Gasteiger partial charge in [-0.25, -0.2) is 0 Å². The summed E-state index contributed by atoms with van der Waals surface area (Å²) in [4.78, 5) is 30.7. The average Bonchev–Trinajstić information content (AvgIpc) is 3.09. The van der Waals surface area contributed by atoms with Crippen LogP contribution in [0.5, 0.6) is 0 Å². The minimum Gasteiger partial charge on any atom is -0.339 e. The third kappa shape index (κ3) is 3.45. The standard InChI is InChI=1S/C26H31N3O2/c1-18-14-20-8-9-21(24(30)23(20)15-19(18)2)16-28-12-10-26(11-13-28)25(31)27-17-29(26)22-6-4-3-5-7-22/h3-7,14-15,21H,8-13,16-17H2,1-2H3,(H,27,31). The number of nitrogens with one attached hydrogen (secondary N) is 1. The average molecular weight is 418 g/mol. The molecule has 2 heterocycles. The van der Waals surface area contributed by atoms with E-state index in [2.05, 4.69) is 53.2 Å². The number of ketones is 1. The van der Waals surface area contributed by atoms with Crippen LogP contribution in [-0.2, 0) is 11.2 Å². The second-order valence-electron chi connectivity index (χ2n) is 9.45. The number of aryl methyl sites for hydroxylation is 3. The highest BCUT2D eigenvalue weighted by molar-refractivity contribution is 6.00. The second-order valence-corrected chi connectivity index (χ2v) is 9.45. The molecule has 5 nitrogen and oxygen atoms in total. The number of anilines is 1. The van der Waals surface area contributed by atoms with E-state index in [9.17, 15) is 9.59 Å². The van der Waals surface area contributed by atoms with E-state index in [1.165, 1.54) is 16.7 Å². The molecule has 3 aliphatic rings. The zero-order valence-corrected chi connectivity index (χ0v) is 18.5. The first-order valence-electron chi connectivity index (χ1n) is 11.5. The first-order chi connectivity index (χ1) is 15.0. The van der Waals surface area contributed by atoms with Crippen molar-refractivity contribution in [2.45, 2.75) is 45.1 Å². The van der Waals surface area contributed by atoms with Gasteiger partial charge >= 0.3 is 0 Å². The van der Waals surface area contributed by atoms with Gasteiger partial charge in [0.1, 0.15) is 5.54 Å². The van der Waals surface area contributed by atoms with Gasteiger partial charge in [-0.05, 0) is 74.4 Å². The number of para-hydroxylation sites is 1. The van der Waals surface area contributed by atoms with Crippen LogP contribution in [0.1, 0.15) is 46.3 Å². The van der Waals surface area contributed by atoms with E-state index in [0.717, 1.165) is 56.6 Å². The number of amides is 1. The van der Waals surface area contributed by atoms with Crippen molar-refractivity contribution in [2.24, 2.45) is 5.92 Å². The maximum absolute atomic E-state index is 13.2. The molecule has 5 rings (SSSR count). The van der Waals surface area contributed by atoms with E-state index >= 15 is 0 Å². The maximum atomic E-state index is 13.2. The minimum absolute atomic E-state index is 0.0614. The fourth-order valence-corrected chi connectivity index (χ4v) is 5.62. The fourth-order valence-electron chi connectivity index (χ4n) is 5.62. The molecule has 2 aromatic carbocycles. The molecule has 2 aromatic rings. The molecule has 1 unspecified atom stereocenters. The first-order valence-corrected chi connectivity index (χ1v) is 11.5. The molecule has 1 N–H and O–H groups in total. The van der Waals surface area contributed by atoms with Crippen LogP contribution in [0.4, 0.5) is 5.69 Å². The summed E-state index contributed by atoms with van der Waals surface area (Å²) in [5.74, 6) is 0.505. The van der Waals surface area contributed by atoms with Crippen LogP contribution >= 0.6 is 0 Å². The Morgan fingerprint density at radius 1 is 1.03 bits per heavy atom. The van der Waals surface area contributed by atoms with Gasteiger partial charge in [-0.2, -0.15) is 0 Å². The molecule has 0 bridgehead atoms. The van der Waals surface area contributed by atoms with Crippen molar-refractivity contribution in [3.8, 4) is 0 Å². The smallest absolute Gasteiger partial charge is 0.247 e. The molecule has 1 amide bonds. The van der Waals surface area contributed by atoms with Crippen LogP contribution in [0.3, 0.4) is 0 Å². The molecule has 0 aromatic heterocycles. The number of Topliss-reactive ketones (excluding diaryl/α,β-unsaturated/α-hetero) is 1. The van der Waals surface area contributed by atoms with E-state index < -0.39 is 5.54 Å². The van der Waals surface area contributed by atoms with Crippen LogP contribution in [0.25, 0.3) is 0 Å². The number of likely N-dealkylation sites (tertiary alicyclic amines) is 1. The Balaban J connectivity index is 1.27. The molecule has 1 aliphatic carbocycles. The highest BCUT2D eigenvalue weighted by atomic mass is 16.2. The van der Waals surface area contributed by atoms with Crippen LogP contribution in [-0.4, -0.2) is 48.4 Å². The van der Waals surface area contributed by atoms with Gasteiger partial charge in [0.2, 0.25) is 5.91 Å². The van der Waals surface area contributed by atoms with Crippen LogP contribution in [0.15, 0.2) is 42.5 Å². The monoisotopic (exact) mass is 417 g/mol. The second kappa shape index (κ2) is 7.79. The lowest BCUT2D eigenvalue weighted by molar-refractivity contribution is -0.125. The largest absolute Gasteiger partial charge is 0.339 e. The molecule has 5 heteroatoms. The molecule has 2 aliphatic heterocycles. The number of carbonyl (C=O) groups excluding carboxylic acids is 2. The predicted molar refractivity (Wildman–Crippen MR) is 122 cm³/mol. The number of piperidine rings is 1. The summed E-state index contributed by atoms with van der Waals surface area (Å²) in [7, 11) is 0. The van der Waals surface area contributed by atoms with Crippen molar-refractivity contribution in [1.29, 1.82) is 0 Å². The van der Waals surface area contributed by atoms with E-state index in [1.807, 2.05) is 18.2 Å². The summed E-state index contributed by atoms with van der Waals surface area (Å²) in [6.45, 7) is 7.27. The Morgan fingerprint density at radius 2 is 1.74 bits per heavy atom. The number of carbonyl (C=O) groups is 2. The quantitative estimate of drug-likeness (QED) is 0.831. The van der Waals surface area contributed by atoms with Gasteiger partial charge < -0.3 is 15.1 Å². The van der Waals surface area contributed by atoms with Crippen molar-refractivity contribution >= 4 is 17.4 Å². The van der Waals surface area contributed by atoms with E-state index in [1.54, 1.807) is 0 Å². The number of benzene rings is 2. The lowest BCUT2D eigenvalue weighted by Gasteiger charge is -2.44. The topological polar surface area (TPSA) is 52.7 Å². The van der Waals surface area contributed by atoms with Crippen LogP contribution in [0.2, 0.25) is 0 Å². The van der Waals surface area contributed by atoms with Gasteiger partial charge in [0, 0.05) is 36.8 Å². The molecule has 0 radical (unpaired) electrons. The molecule has 1 spiro atoms. The van der Waals surface area contributed by atoms with Crippen LogP contribution in [0, 0.1) is 19.8 Å². The molecule has 2 fully saturated rings. The van der Waals surface area contributed by atoms with E-state index in [4.69, 9.17) is 0 Å². The minimum atomic E-state index is -0.463. The molecular formula is C26H31N3O2. The van der Waals surface area contributed by atoms with Crippen molar-refractivity contribution in [2.75, 3.05) is 31.2 Å². The normalized spacial score (nSPS) is 23.2. The predicted octanol–water partition coefficient (Wildman–Crippen LogP) is 3.48. The summed E-state index contributed by atoms with van der Waals surface area (Å²) in [5, 5.41) is 3.07. The lowest BCUT2D eigenvalue weighted by atomic mass is 9.80. The lowest BCUT2D eigenvalue weighted by Crippen LogP contribution is -2.57. The molecular weight excluding hydrogens is 386 g/mol. The summed E-state index contributed by atoms with van der Waals surface area (Å²) in [6, 6.07) is 14.5. The van der Waals surface area contributed by atoms with Gasteiger partial charge in [0.25, 0.3) is 0 Å². The highest BCUT2D eigenvalue weighted by Gasteiger charge is 2.50. The van der Waals surface area contributed by atoms with Crippen molar-refractivity contribution < 1.29 is 9.59 Å². The van der Waals surface area contributed by atoms with Crippen molar-refractivity contribution in [3.63, 3.8) is 0 Å². The first kappa shape index (κ1) is 20.3. The molecule has 0 saturated carbocycles. The zero-order valence-electron chi connectivity index (χ0n) is 18.5. The molecule has 31 heavy (non-hydrogen) atoms. The Morgan fingerprint density at radius 3 is 2.48 bits per heavy atom. The van der Waals surface area contributed by atoms with Crippen molar-refractivity contribution in [3.05, 3.63) is 64.7 Å². The number of hydrogen-bond donors (Lipinski definition) is 1. The van der Waals surface area contributed by atoms with Crippen LogP contribution < -0.4 is 10.2 Å². The Bertz CT molecular complexity index is 1010. The third-order valence-electron chi connectivity index (χ3n) is 7.68. The number of fused-ring (bicyclic) bond motifs is 1. The third-order valence-corrected chi connectivity index (χ3v) is 7.68. The van der Waals surface area contributed by atoms with Crippen molar-refractivity contribution in [1.82, 2.24) is 10.2 Å². The molecule has 162 valence electrons. The summed E-state index contributed by atoms with van der Waals surface area (Å²) < 4.78 is 0. The maximum Gasteiger partial charge on any atom is 0.247 e. The Hall–Kier alpha value is -2.66. The fraction of sp³-hybridized carbons (Fsp3) is 0.462. The number of hydrogen-bond acceptors (Lipinski definition) is 4. The van der Waals surface area contributed by atoms with Gasteiger partial charge in [-0.1, -0.05) is 24.3 Å². The summed E-state index contributed by atoms with van der Waals surface area (Å²) in [6.07, 6.45) is 3.49. The van der Waals surface area contributed by atoms with Gasteiger partial charge in [0.05, 0.1) is 6.67 Å².